The lowest BCUT2D eigenvalue weighted by Gasteiger charge is -2.27. The number of fused-ring (bicyclic) bond motifs is 1. The molecule has 0 amide bonds. The summed E-state index contributed by atoms with van der Waals surface area (Å²) < 4.78 is 16.5. The fraction of sp³-hybridized carbons (Fsp3) is 0.524. The van der Waals surface area contributed by atoms with Crippen molar-refractivity contribution in [3.05, 3.63) is 47.0 Å². The number of carbonyl (C=O) groups excluding carboxylic acids is 2. The van der Waals surface area contributed by atoms with E-state index in [1.54, 1.807) is 7.11 Å². The number of cyclic esters (lactones) is 1. The molecule has 1 aromatic rings. The summed E-state index contributed by atoms with van der Waals surface area (Å²) >= 11 is 0. The Morgan fingerprint density at radius 2 is 2.12 bits per heavy atom. The van der Waals surface area contributed by atoms with E-state index < -0.39 is 6.10 Å². The fourth-order valence-corrected chi connectivity index (χ4v) is 3.25. The average Bonchev–Trinajstić information content (AvgIpc) is 2.61. The molecule has 0 saturated carbocycles. The maximum Gasteiger partial charge on any atom is 0.338 e. The number of carbonyl (C=O) groups is 2. The van der Waals surface area contributed by atoms with Gasteiger partial charge in [-0.2, -0.15) is 0 Å². The zero-order valence-electron chi connectivity index (χ0n) is 15.8. The van der Waals surface area contributed by atoms with Gasteiger partial charge in [0.1, 0.15) is 19.2 Å². The Hall–Kier alpha value is -1.98. The van der Waals surface area contributed by atoms with Gasteiger partial charge < -0.3 is 19.0 Å². The molecule has 0 spiro atoms. The zero-order valence-corrected chi connectivity index (χ0v) is 15.8. The summed E-state index contributed by atoms with van der Waals surface area (Å²) in [6.45, 7) is 4.16. The molecule has 1 heterocycles. The summed E-state index contributed by atoms with van der Waals surface area (Å²) in [5, 5.41) is 0. The van der Waals surface area contributed by atoms with Crippen LogP contribution in [0.25, 0.3) is 0 Å². The van der Waals surface area contributed by atoms with Gasteiger partial charge in [-0.25, -0.2) is 4.79 Å². The second kappa shape index (κ2) is 10.2. The van der Waals surface area contributed by atoms with Gasteiger partial charge in [0.25, 0.3) is 0 Å². The van der Waals surface area contributed by atoms with E-state index in [-0.39, 0.29) is 31.2 Å². The standard InChI is InChI=1S/C21H28O5/c1-15-7-4-5-9-17-10-6-8-16(2)20(17)21(23)26-18(11-12-22)13-19(15)25-14-24-3/h4-6,8,10,12,15,18-19H,7,9,11,13-14H2,1-3H3/b5-4+/t15-,18?,19+/m0/s1. The molecule has 5 nitrogen and oxygen atoms in total. The Balaban J connectivity index is 2.32. The second-order valence-electron chi connectivity index (χ2n) is 6.77. The van der Waals surface area contributed by atoms with Gasteiger partial charge in [0.2, 0.25) is 0 Å². The van der Waals surface area contributed by atoms with Gasteiger partial charge in [-0.1, -0.05) is 37.3 Å². The van der Waals surface area contributed by atoms with Crippen LogP contribution in [0.5, 0.6) is 0 Å². The zero-order chi connectivity index (χ0) is 18.9. The number of benzene rings is 1. The van der Waals surface area contributed by atoms with Crippen LogP contribution in [0.15, 0.2) is 30.4 Å². The topological polar surface area (TPSA) is 61.8 Å². The third-order valence-electron chi connectivity index (χ3n) is 4.74. The molecule has 0 fully saturated rings. The van der Waals surface area contributed by atoms with E-state index in [2.05, 4.69) is 19.1 Å². The molecule has 3 atom stereocenters. The molecule has 1 aliphatic rings. The lowest BCUT2D eigenvalue weighted by atomic mass is 9.93. The second-order valence-corrected chi connectivity index (χ2v) is 6.77. The molecule has 2 rings (SSSR count). The minimum Gasteiger partial charge on any atom is -0.458 e. The quantitative estimate of drug-likeness (QED) is 0.347. The first-order valence-electron chi connectivity index (χ1n) is 9.05. The number of ether oxygens (including phenoxy) is 3. The molecule has 0 aromatic heterocycles. The van der Waals surface area contributed by atoms with Crippen LogP contribution in [0.2, 0.25) is 0 Å². The monoisotopic (exact) mass is 360 g/mol. The highest BCUT2D eigenvalue weighted by atomic mass is 16.7. The molecule has 26 heavy (non-hydrogen) atoms. The molecule has 1 aromatic carbocycles. The number of aryl methyl sites for hydroxylation is 1. The van der Waals surface area contributed by atoms with Gasteiger partial charge >= 0.3 is 5.97 Å². The Morgan fingerprint density at radius 1 is 1.31 bits per heavy atom. The van der Waals surface area contributed by atoms with Gasteiger partial charge in [0.15, 0.2) is 0 Å². The summed E-state index contributed by atoms with van der Waals surface area (Å²) in [4.78, 5) is 23.9. The molecule has 0 bridgehead atoms. The predicted molar refractivity (Wildman–Crippen MR) is 99.1 cm³/mol. The molecule has 0 aliphatic carbocycles. The first-order chi connectivity index (χ1) is 12.6. The van der Waals surface area contributed by atoms with Crippen molar-refractivity contribution in [2.45, 2.75) is 51.7 Å². The van der Waals surface area contributed by atoms with Crippen LogP contribution in [-0.4, -0.2) is 38.4 Å². The number of esters is 1. The largest absolute Gasteiger partial charge is 0.458 e. The summed E-state index contributed by atoms with van der Waals surface area (Å²) in [5.41, 5.74) is 2.41. The molecule has 1 unspecified atom stereocenters. The number of aldehydes is 1. The highest BCUT2D eigenvalue weighted by Crippen LogP contribution is 2.24. The summed E-state index contributed by atoms with van der Waals surface area (Å²) in [6, 6.07) is 5.79. The smallest absolute Gasteiger partial charge is 0.338 e. The summed E-state index contributed by atoms with van der Waals surface area (Å²) in [5.74, 6) is -0.164. The molecule has 5 heteroatoms. The van der Waals surface area contributed by atoms with Crippen molar-refractivity contribution in [1.29, 1.82) is 0 Å². The Labute approximate surface area is 155 Å². The number of allylic oxidation sites excluding steroid dienone is 2. The number of methoxy groups -OCH3 is 1. The normalized spacial score (nSPS) is 25.3. The maximum atomic E-state index is 12.8. The molecular formula is C21H28O5. The van der Waals surface area contributed by atoms with Crippen LogP contribution in [0.1, 0.15) is 47.7 Å². The van der Waals surface area contributed by atoms with Crippen molar-refractivity contribution in [1.82, 2.24) is 0 Å². The van der Waals surface area contributed by atoms with Crippen molar-refractivity contribution >= 4 is 12.3 Å². The van der Waals surface area contributed by atoms with Gasteiger partial charge in [0, 0.05) is 20.0 Å². The van der Waals surface area contributed by atoms with Gasteiger partial charge in [-0.3, -0.25) is 0 Å². The van der Waals surface area contributed by atoms with Crippen LogP contribution < -0.4 is 0 Å². The van der Waals surface area contributed by atoms with Gasteiger partial charge in [-0.15, -0.1) is 0 Å². The van der Waals surface area contributed by atoms with Crippen molar-refractivity contribution in [2.24, 2.45) is 5.92 Å². The molecule has 0 radical (unpaired) electrons. The Bertz CT molecular complexity index is 637. The van der Waals surface area contributed by atoms with Gasteiger partial charge in [-0.05, 0) is 36.8 Å². The summed E-state index contributed by atoms with van der Waals surface area (Å²) in [6.07, 6.45) is 6.46. The maximum absolute atomic E-state index is 12.8. The van der Waals surface area contributed by atoms with Crippen LogP contribution in [0.4, 0.5) is 0 Å². The highest BCUT2D eigenvalue weighted by Gasteiger charge is 2.26. The fourth-order valence-electron chi connectivity index (χ4n) is 3.25. The third-order valence-corrected chi connectivity index (χ3v) is 4.74. The van der Waals surface area contributed by atoms with Gasteiger partial charge in [0.05, 0.1) is 11.7 Å². The average molecular weight is 360 g/mol. The van der Waals surface area contributed by atoms with Crippen molar-refractivity contribution in [2.75, 3.05) is 13.9 Å². The van der Waals surface area contributed by atoms with E-state index in [9.17, 15) is 9.59 Å². The van der Waals surface area contributed by atoms with E-state index in [0.29, 0.717) is 18.4 Å². The predicted octanol–water partition coefficient (Wildman–Crippen LogP) is 3.63. The molecule has 142 valence electrons. The number of rotatable bonds is 5. The van der Waals surface area contributed by atoms with Crippen LogP contribution in [-0.2, 0) is 25.4 Å². The molecule has 0 saturated heterocycles. The first kappa shape index (κ1) is 20.3. The van der Waals surface area contributed by atoms with Crippen molar-refractivity contribution < 1.29 is 23.8 Å². The van der Waals surface area contributed by atoms with E-state index in [4.69, 9.17) is 14.2 Å². The van der Waals surface area contributed by atoms with Crippen LogP contribution in [0.3, 0.4) is 0 Å². The van der Waals surface area contributed by atoms with E-state index in [1.165, 1.54) is 0 Å². The minimum absolute atomic E-state index is 0.155. The Morgan fingerprint density at radius 3 is 2.85 bits per heavy atom. The molecule has 1 aliphatic heterocycles. The van der Waals surface area contributed by atoms with Crippen LogP contribution >= 0.6 is 0 Å². The SMILES string of the molecule is COCO[C@@H]1CC(CC=O)OC(=O)c2c(C)cccc2C/C=C/C[C@@H]1C. The lowest BCUT2D eigenvalue weighted by molar-refractivity contribution is -0.114. The minimum atomic E-state index is -0.514. The highest BCUT2D eigenvalue weighted by molar-refractivity contribution is 5.93. The third kappa shape index (κ3) is 5.51. The first-order valence-corrected chi connectivity index (χ1v) is 9.05. The van der Waals surface area contributed by atoms with E-state index >= 15 is 0 Å². The summed E-state index contributed by atoms with van der Waals surface area (Å²) in [7, 11) is 1.57. The van der Waals surface area contributed by atoms with Crippen molar-refractivity contribution in [3.63, 3.8) is 0 Å². The Kier molecular flexibility index (Phi) is 8.01. The number of hydrogen-bond acceptors (Lipinski definition) is 5. The van der Waals surface area contributed by atoms with E-state index in [0.717, 1.165) is 23.8 Å². The van der Waals surface area contributed by atoms with Crippen molar-refractivity contribution in [3.8, 4) is 0 Å². The molecule has 0 N–H and O–H groups in total. The number of hydrogen-bond donors (Lipinski definition) is 0. The van der Waals surface area contributed by atoms with Crippen LogP contribution in [0, 0.1) is 12.8 Å². The lowest BCUT2D eigenvalue weighted by Crippen LogP contribution is -2.31. The van der Waals surface area contributed by atoms with E-state index in [1.807, 2.05) is 25.1 Å². The molecular weight excluding hydrogens is 332 g/mol.